The van der Waals surface area contributed by atoms with Gasteiger partial charge in [0.05, 0.1) is 5.56 Å². The lowest BCUT2D eigenvalue weighted by Gasteiger charge is -2.20. The van der Waals surface area contributed by atoms with E-state index >= 15 is 0 Å². The zero-order chi connectivity index (χ0) is 12.4. The minimum atomic E-state index is -0.0209. The molecule has 92 valence electrons. The lowest BCUT2D eigenvalue weighted by Crippen LogP contribution is -2.34. The summed E-state index contributed by atoms with van der Waals surface area (Å²) < 4.78 is 0. The van der Waals surface area contributed by atoms with Crippen LogP contribution in [0.3, 0.4) is 0 Å². The van der Waals surface area contributed by atoms with Crippen LogP contribution in [0.2, 0.25) is 5.15 Å². The minimum Gasteiger partial charge on any atom is -0.337 e. The number of likely N-dealkylation sites (tertiary alicyclic amines) is 1. The van der Waals surface area contributed by atoms with E-state index in [1.165, 1.54) is 0 Å². The number of pyridine rings is 1. The lowest BCUT2D eigenvalue weighted by atomic mass is 10.2. The van der Waals surface area contributed by atoms with Crippen molar-refractivity contribution in [3.63, 3.8) is 0 Å². The number of carbonyl (C=O) groups is 1. The van der Waals surface area contributed by atoms with Gasteiger partial charge in [-0.1, -0.05) is 11.6 Å². The third kappa shape index (κ3) is 2.58. The van der Waals surface area contributed by atoms with E-state index in [2.05, 4.69) is 9.88 Å². The Bertz CT molecular complexity index is 422. The van der Waals surface area contributed by atoms with Crippen molar-refractivity contribution < 1.29 is 4.79 Å². The second-order valence-corrected chi connectivity index (χ2v) is 4.86. The molecular weight excluding hydrogens is 238 g/mol. The Kier molecular flexibility index (Phi) is 3.64. The summed E-state index contributed by atoms with van der Waals surface area (Å²) in [4.78, 5) is 20.1. The van der Waals surface area contributed by atoms with Crippen molar-refractivity contribution in [1.29, 1.82) is 0 Å². The molecule has 0 radical (unpaired) electrons. The summed E-state index contributed by atoms with van der Waals surface area (Å²) in [6.07, 6.45) is 2.60. The second kappa shape index (κ2) is 5.02. The van der Waals surface area contributed by atoms with Gasteiger partial charge in [-0.3, -0.25) is 4.79 Å². The van der Waals surface area contributed by atoms with E-state index in [0.29, 0.717) is 11.6 Å². The van der Waals surface area contributed by atoms with Crippen LogP contribution in [0.15, 0.2) is 18.3 Å². The van der Waals surface area contributed by atoms with Gasteiger partial charge in [0.2, 0.25) is 0 Å². The monoisotopic (exact) mass is 253 g/mol. The molecule has 1 saturated heterocycles. The van der Waals surface area contributed by atoms with Gasteiger partial charge in [0, 0.05) is 25.3 Å². The molecule has 0 aromatic carbocycles. The molecule has 2 heterocycles. The molecule has 1 aliphatic rings. The summed E-state index contributed by atoms with van der Waals surface area (Å²) in [5.41, 5.74) is 0.494. The maximum absolute atomic E-state index is 12.2. The first-order valence-electron chi connectivity index (χ1n) is 5.66. The van der Waals surface area contributed by atoms with Crippen molar-refractivity contribution in [3.8, 4) is 0 Å². The van der Waals surface area contributed by atoms with Crippen LogP contribution in [0.25, 0.3) is 0 Å². The van der Waals surface area contributed by atoms with Gasteiger partial charge in [0.25, 0.3) is 5.91 Å². The van der Waals surface area contributed by atoms with E-state index < -0.39 is 0 Å². The molecule has 5 heteroatoms. The first-order valence-corrected chi connectivity index (χ1v) is 6.03. The Hall–Kier alpha value is -1.13. The van der Waals surface area contributed by atoms with E-state index in [-0.39, 0.29) is 11.1 Å². The molecule has 1 atom stereocenters. The maximum atomic E-state index is 12.2. The highest BCUT2D eigenvalue weighted by Crippen LogP contribution is 2.19. The Balaban J connectivity index is 2.10. The summed E-state index contributed by atoms with van der Waals surface area (Å²) in [6.45, 7) is 1.55. The van der Waals surface area contributed by atoms with Crippen LogP contribution in [0.1, 0.15) is 16.8 Å². The highest BCUT2D eigenvalue weighted by atomic mass is 35.5. The van der Waals surface area contributed by atoms with Crippen LogP contribution in [0, 0.1) is 0 Å². The molecule has 1 aliphatic heterocycles. The van der Waals surface area contributed by atoms with Gasteiger partial charge < -0.3 is 9.80 Å². The molecule has 2 rings (SSSR count). The zero-order valence-corrected chi connectivity index (χ0v) is 10.8. The van der Waals surface area contributed by atoms with Crippen LogP contribution < -0.4 is 0 Å². The summed E-state index contributed by atoms with van der Waals surface area (Å²) in [7, 11) is 4.07. The highest BCUT2D eigenvalue weighted by Gasteiger charge is 2.28. The number of carbonyl (C=O) groups excluding carboxylic acids is 1. The summed E-state index contributed by atoms with van der Waals surface area (Å²) in [5, 5.41) is 0.283. The van der Waals surface area contributed by atoms with Crippen LogP contribution >= 0.6 is 11.6 Å². The molecule has 0 spiro atoms. The van der Waals surface area contributed by atoms with Crippen LogP contribution in [-0.4, -0.2) is 53.9 Å². The quantitative estimate of drug-likeness (QED) is 0.750. The van der Waals surface area contributed by atoms with Crippen molar-refractivity contribution in [1.82, 2.24) is 14.8 Å². The van der Waals surface area contributed by atoms with Crippen molar-refractivity contribution in [2.24, 2.45) is 0 Å². The topological polar surface area (TPSA) is 36.4 Å². The van der Waals surface area contributed by atoms with Gasteiger partial charge in [-0.15, -0.1) is 0 Å². The molecular formula is C12H16ClN3O. The summed E-state index contributed by atoms with van der Waals surface area (Å²) >= 11 is 5.93. The number of hydrogen-bond acceptors (Lipinski definition) is 3. The average molecular weight is 254 g/mol. The predicted octanol–water partition coefficient (Wildman–Crippen LogP) is 1.51. The van der Waals surface area contributed by atoms with Gasteiger partial charge >= 0.3 is 0 Å². The van der Waals surface area contributed by atoms with E-state index in [1.54, 1.807) is 18.3 Å². The molecule has 0 N–H and O–H groups in total. The first kappa shape index (κ1) is 12.3. The fourth-order valence-electron chi connectivity index (χ4n) is 2.06. The molecule has 0 bridgehead atoms. The first-order chi connectivity index (χ1) is 8.09. The summed E-state index contributed by atoms with van der Waals surface area (Å²) in [5.74, 6) is -0.0209. The Morgan fingerprint density at radius 1 is 1.59 bits per heavy atom. The van der Waals surface area contributed by atoms with E-state index in [0.717, 1.165) is 19.5 Å². The van der Waals surface area contributed by atoms with Gasteiger partial charge in [-0.2, -0.15) is 0 Å². The smallest absolute Gasteiger partial charge is 0.257 e. The number of aromatic nitrogens is 1. The van der Waals surface area contributed by atoms with Crippen molar-refractivity contribution in [2.45, 2.75) is 12.5 Å². The van der Waals surface area contributed by atoms with Crippen molar-refractivity contribution in [2.75, 3.05) is 27.2 Å². The second-order valence-electron chi connectivity index (χ2n) is 4.50. The fraction of sp³-hybridized carbons (Fsp3) is 0.500. The maximum Gasteiger partial charge on any atom is 0.257 e. The number of amides is 1. The van der Waals surface area contributed by atoms with Gasteiger partial charge in [-0.05, 0) is 32.6 Å². The Morgan fingerprint density at radius 2 is 2.35 bits per heavy atom. The molecule has 1 fully saturated rings. The van der Waals surface area contributed by atoms with Crippen molar-refractivity contribution in [3.05, 3.63) is 29.0 Å². The number of rotatable bonds is 2. The van der Waals surface area contributed by atoms with Gasteiger partial charge in [0.1, 0.15) is 5.15 Å². The molecule has 1 aromatic heterocycles. The average Bonchev–Trinajstić information content (AvgIpc) is 2.78. The molecule has 1 aromatic rings. The number of likely N-dealkylation sites (N-methyl/N-ethyl adjacent to an activating group) is 1. The number of hydrogen-bond donors (Lipinski definition) is 0. The standard InChI is InChI=1S/C12H16ClN3O/c1-15(2)9-5-7-16(8-9)12(17)10-4-3-6-14-11(10)13/h3-4,6,9H,5,7-8H2,1-2H3. The predicted molar refractivity (Wildman–Crippen MR) is 67.2 cm³/mol. The molecule has 17 heavy (non-hydrogen) atoms. The van der Waals surface area contributed by atoms with E-state index in [4.69, 9.17) is 11.6 Å². The molecule has 4 nitrogen and oxygen atoms in total. The molecule has 1 unspecified atom stereocenters. The zero-order valence-electron chi connectivity index (χ0n) is 10.1. The van der Waals surface area contributed by atoms with Crippen molar-refractivity contribution >= 4 is 17.5 Å². The normalized spacial score (nSPS) is 20.0. The third-order valence-electron chi connectivity index (χ3n) is 3.17. The van der Waals surface area contributed by atoms with Crippen LogP contribution in [0.5, 0.6) is 0 Å². The fourth-order valence-corrected chi connectivity index (χ4v) is 2.26. The van der Waals surface area contributed by atoms with Crippen LogP contribution in [0.4, 0.5) is 0 Å². The molecule has 0 saturated carbocycles. The van der Waals surface area contributed by atoms with Gasteiger partial charge in [-0.25, -0.2) is 4.98 Å². The van der Waals surface area contributed by atoms with E-state index in [1.807, 2.05) is 19.0 Å². The minimum absolute atomic E-state index is 0.0209. The lowest BCUT2D eigenvalue weighted by molar-refractivity contribution is 0.0783. The highest BCUT2D eigenvalue weighted by molar-refractivity contribution is 6.32. The third-order valence-corrected chi connectivity index (χ3v) is 3.47. The number of nitrogens with zero attached hydrogens (tertiary/aromatic N) is 3. The summed E-state index contributed by atoms with van der Waals surface area (Å²) in [6, 6.07) is 3.90. The van der Waals surface area contributed by atoms with E-state index in [9.17, 15) is 4.79 Å². The molecule has 1 amide bonds. The SMILES string of the molecule is CN(C)C1CCN(C(=O)c2cccnc2Cl)C1. The largest absolute Gasteiger partial charge is 0.337 e. The number of halogens is 1. The van der Waals surface area contributed by atoms with Gasteiger partial charge in [0.15, 0.2) is 0 Å². The Labute approximate surface area is 106 Å². The van der Waals surface area contributed by atoms with Crippen LogP contribution in [-0.2, 0) is 0 Å². The Morgan fingerprint density at radius 3 is 2.94 bits per heavy atom. The molecule has 0 aliphatic carbocycles.